The van der Waals surface area contributed by atoms with Gasteiger partial charge in [0.1, 0.15) is 11.2 Å². The van der Waals surface area contributed by atoms with Crippen LogP contribution in [0.25, 0.3) is 112 Å². The molecule has 0 fully saturated rings. The lowest BCUT2D eigenvalue weighted by Crippen LogP contribution is -2.28. The van der Waals surface area contributed by atoms with Gasteiger partial charge < -0.3 is 4.42 Å². The molecule has 11 aromatic carbocycles. The Labute approximate surface area is 429 Å². The van der Waals surface area contributed by atoms with Crippen LogP contribution in [0.15, 0.2) is 277 Å². The van der Waals surface area contributed by atoms with Crippen LogP contribution in [0.2, 0.25) is 0 Å². The largest absolute Gasteiger partial charge is 0.456 e. The lowest BCUT2D eigenvalue weighted by Gasteiger charge is -2.34. The summed E-state index contributed by atoms with van der Waals surface area (Å²) < 4.78 is 6.60. The Kier molecular flexibility index (Phi) is 10.4. The van der Waals surface area contributed by atoms with E-state index in [4.69, 9.17) is 19.4 Å². The van der Waals surface area contributed by atoms with Gasteiger partial charge in [0.15, 0.2) is 17.5 Å². The predicted molar refractivity (Wildman–Crippen MR) is 302 cm³/mol. The van der Waals surface area contributed by atoms with Gasteiger partial charge in [-0.05, 0) is 108 Å². The summed E-state index contributed by atoms with van der Waals surface area (Å²) in [6, 6.07) is 97.2. The van der Waals surface area contributed by atoms with E-state index in [1.54, 1.807) is 0 Å². The van der Waals surface area contributed by atoms with Crippen molar-refractivity contribution >= 4 is 21.9 Å². The summed E-state index contributed by atoms with van der Waals surface area (Å²) in [6.45, 7) is 0. The van der Waals surface area contributed by atoms with Crippen molar-refractivity contribution in [2.75, 3.05) is 0 Å². The Bertz CT molecular complexity index is 4170. The SMILES string of the molecule is c1ccc(-c2ccc(-c3nc(-c4cccc(-c5ccccc5)c4)nc(-c4cccc5oc6ccc(-c7ccc(-c8ccc9c(c8)C(c8ccccc8)(c8ccccc8)c8ccccc8-9)cc7)cc6c45)n3)cc2)cc1. The third kappa shape index (κ3) is 7.26. The first-order valence-corrected chi connectivity index (χ1v) is 25.2. The van der Waals surface area contributed by atoms with Crippen molar-refractivity contribution in [1.29, 1.82) is 0 Å². The standard InChI is InChI=1S/C70H45N3O/c1-5-17-46(18-6-1)48-35-37-51(38-36-48)67-71-68(55-22-15-21-52(43-55)47-19-7-2-8-20-47)73-69(72-67)60-28-16-30-65-66(60)61-44-53(40-42-64(61)74-65)49-31-33-50(34-32-49)54-39-41-59-58-27-13-14-29-62(58)70(63(59)45-54,56-23-9-3-10-24-56)57-25-11-4-12-26-57/h1-45H. The molecule has 346 valence electrons. The van der Waals surface area contributed by atoms with Crippen LogP contribution in [0.1, 0.15) is 22.3 Å². The molecule has 0 N–H and O–H groups in total. The van der Waals surface area contributed by atoms with E-state index in [-0.39, 0.29) is 0 Å². The molecule has 0 radical (unpaired) electrons. The van der Waals surface area contributed by atoms with E-state index in [0.717, 1.165) is 77.6 Å². The molecule has 0 unspecified atom stereocenters. The van der Waals surface area contributed by atoms with Crippen molar-refractivity contribution in [3.8, 4) is 89.8 Å². The van der Waals surface area contributed by atoms with Gasteiger partial charge in [-0.1, -0.05) is 243 Å². The zero-order valence-corrected chi connectivity index (χ0v) is 40.2. The van der Waals surface area contributed by atoms with E-state index in [9.17, 15) is 0 Å². The van der Waals surface area contributed by atoms with Crippen molar-refractivity contribution < 1.29 is 4.42 Å². The van der Waals surface area contributed by atoms with Crippen LogP contribution in [-0.4, -0.2) is 15.0 Å². The molecule has 0 saturated carbocycles. The van der Waals surface area contributed by atoms with Gasteiger partial charge >= 0.3 is 0 Å². The van der Waals surface area contributed by atoms with Gasteiger partial charge in [0, 0.05) is 27.5 Å². The molecular weight excluding hydrogens is 899 g/mol. The molecule has 0 spiro atoms. The van der Waals surface area contributed by atoms with Crippen LogP contribution in [0.4, 0.5) is 0 Å². The molecule has 1 aliphatic rings. The summed E-state index contributed by atoms with van der Waals surface area (Å²) >= 11 is 0. The minimum atomic E-state index is -0.460. The molecule has 0 saturated heterocycles. The molecule has 4 nitrogen and oxygen atoms in total. The highest BCUT2D eigenvalue weighted by atomic mass is 16.3. The van der Waals surface area contributed by atoms with Crippen LogP contribution in [0.5, 0.6) is 0 Å². The molecule has 14 rings (SSSR count). The third-order valence-electron chi connectivity index (χ3n) is 14.9. The number of nitrogens with zero attached hydrogens (tertiary/aromatic N) is 3. The van der Waals surface area contributed by atoms with E-state index in [1.165, 1.54) is 38.9 Å². The maximum absolute atomic E-state index is 6.60. The Morgan fingerprint density at radius 3 is 1.36 bits per heavy atom. The average Bonchev–Trinajstić information content (AvgIpc) is 4.07. The number of furan rings is 1. The molecule has 74 heavy (non-hydrogen) atoms. The smallest absolute Gasteiger partial charge is 0.164 e. The second-order valence-electron chi connectivity index (χ2n) is 19.1. The van der Waals surface area contributed by atoms with Gasteiger partial charge in [-0.15, -0.1) is 0 Å². The Morgan fingerprint density at radius 2 is 0.689 bits per heavy atom. The maximum Gasteiger partial charge on any atom is 0.164 e. The van der Waals surface area contributed by atoms with E-state index < -0.39 is 5.41 Å². The Hall–Kier alpha value is -9.77. The molecule has 4 heteroatoms. The minimum absolute atomic E-state index is 0.460. The van der Waals surface area contributed by atoms with Gasteiger partial charge in [-0.25, -0.2) is 15.0 Å². The lowest BCUT2D eigenvalue weighted by atomic mass is 9.67. The highest BCUT2D eigenvalue weighted by molar-refractivity contribution is 6.13. The Morgan fingerprint density at radius 1 is 0.257 bits per heavy atom. The van der Waals surface area contributed by atoms with Gasteiger partial charge in [0.25, 0.3) is 0 Å². The molecule has 2 aromatic heterocycles. The highest BCUT2D eigenvalue weighted by Crippen LogP contribution is 2.56. The van der Waals surface area contributed by atoms with Crippen LogP contribution in [0, 0.1) is 0 Å². The molecular formula is C70H45N3O. The van der Waals surface area contributed by atoms with Crippen molar-refractivity contribution in [2.24, 2.45) is 0 Å². The first-order chi connectivity index (χ1) is 36.7. The average molecular weight is 944 g/mol. The monoisotopic (exact) mass is 943 g/mol. The second-order valence-corrected chi connectivity index (χ2v) is 19.1. The Balaban J connectivity index is 0.859. The molecule has 0 amide bonds. The number of fused-ring (bicyclic) bond motifs is 6. The quantitative estimate of drug-likeness (QED) is 0.145. The van der Waals surface area contributed by atoms with E-state index in [2.05, 4.69) is 249 Å². The number of hydrogen-bond acceptors (Lipinski definition) is 4. The fourth-order valence-corrected chi connectivity index (χ4v) is 11.3. The fraction of sp³-hybridized carbons (Fsp3) is 0.0143. The summed E-state index contributed by atoms with van der Waals surface area (Å²) in [6.07, 6.45) is 0. The highest BCUT2D eigenvalue weighted by Gasteiger charge is 2.46. The second kappa shape index (κ2) is 17.8. The number of hydrogen-bond donors (Lipinski definition) is 0. The van der Waals surface area contributed by atoms with E-state index in [0.29, 0.717) is 17.5 Å². The van der Waals surface area contributed by atoms with Crippen LogP contribution < -0.4 is 0 Å². The van der Waals surface area contributed by atoms with Gasteiger partial charge in [-0.3, -0.25) is 0 Å². The lowest BCUT2D eigenvalue weighted by molar-refractivity contribution is 0.669. The number of aromatic nitrogens is 3. The van der Waals surface area contributed by atoms with Crippen molar-refractivity contribution in [1.82, 2.24) is 15.0 Å². The summed E-state index contributed by atoms with van der Waals surface area (Å²) in [4.78, 5) is 15.7. The van der Waals surface area contributed by atoms with Crippen molar-refractivity contribution in [3.05, 3.63) is 295 Å². The van der Waals surface area contributed by atoms with Crippen LogP contribution in [-0.2, 0) is 5.41 Å². The van der Waals surface area contributed by atoms with Gasteiger partial charge in [0.2, 0.25) is 0 Å². The number of rotatable bonds is 9. The summed E-state index contributed by atoms with van der Waals surface area (Å²) in [5.41, 5.74) is 20.5. The molecule has 13 aromatic rings. The molecule has 1 aliphatic carbocycles. The van der Waals surface area contributed by atoms with E-state index in [1.807, 2.05) is 24.3 Å². The van der Waals surface area contributed by atoms with Crippen molar-refractivity contribution in [2.45, 2.75) is 5.41 Å². The summed E-state index contributed by atoms with van der Waals surface area (Å²) in [5.74, 6) is 1.77. The van der Waals surface area contributed by atoms with Crippen LogP contribution >= 0.6 is 0 Å². The summed E-state index contributed by atoms with van der Waals surface area (Å²) in [7, 11) is 0. The minimum Gasteiger partial charge on any atom is -0.456 e. The molecule has 0 aliphatic heterocycles. The zero-order valence-electron chi connectivity index (χ0n) is 40.2. The maximum atomic E-state index is 6.60. The van der Waals surface area contributed by atoms with Gasteiger partial charge in [0.05, 0.1) is 5.41 Å². The van der Waals surface area contributed by atoms with Crippen molar-refractivity contribution in [3.63, 3.8) is 0 Å². The fourth-order valence-electron chi connectivity index (χ4n) is 11.3. The zero-order chi connectivity index (χ0) is 49.0. The molecule has 0 atom stereocenters. The number of benzene rings is 11. The van der Waals surface area contributed by atoms with Gasteiger partial charge in [-0.2, -0.15) is 0 Å². The first kappa shape index (κ1) is 43.1. The predicted octanol–water partition coefficient (Wildman–Crippen LogP) is 17.8. The third-order valence-corrected chi connectivity index (χ3v) is 14.9. The molecule has 2 heterocycles. The van der Waals surface area contributed by atoms with Crippen LogP contribution in [0.3, 0.4) is 0 Å². The normalized spacial score (nSPS) is 12.4. The molecule has 0 bridgehead atoms. The van der Waals surface area contributed by atoms with E-state index >= 15 is 0 Å². The topological polar surface area (TPSA) is 51.8 Å². The first-order valence-electron chi connectivity index (χ1n) is 25.2. The summed E-state index contributed by atoms with van der Waals surface area (Å²) in [5, 5.41) is 1.95.